The lowest BCUT2D eigenvalue weighted by molar-refractivity contribution is 0.112. The minimum absolute atomic E-state index is 0.706. The zero-order chi connectivity index (χ0) is 15.5. The van der Waals surface area contributed by atoms with Crippen LogP contribution >= 0.6 is 0 Å². The van der Waals surface area contributed by atoms with Gasteiger partial charge in [-0.15, -0.1) is 0 Å². The highest BCUT2D eigenvalue weighted by molar-refractivity contribution is 5.84. The van der Waals surface area contributed by atoms with Crippen LogP contribution < -0.4 is 4.90 Å². The standard InChI is InChI=1S/C19H18N2O/c1-21(2)19-12-16(17-5-3-4-6-18(17)20-19)11-14-7-9-15(13-22)10-8-14/h3-10,12-13H,11H2,1-2H3. The van der Waals surface area contributed by atoms with Gasteiger partial charge in [-0.05, 0) is 29.7 Å². The lowest BCUT2D eigenvalue weighted by Gasteiger charge is -2.15. The van der Waals surface area contributed by atoms with E-state index in [1.165, 1.54) is 16.5 Å². The molecule has 3 aromatic rings. The Morgan fingerprint density at radius 2 is 1.77 bits per heavy atom. The maximum absolute atomic E-state index is 10.8. The molecule has 0 aliphatic rings. The number of carbonyl (C=O) groups excluding carboxylic acids is 1. The molecule has 0 unspecified atom stereocenters. The van der Waals surface area contributed by atoms with Crippen LogP contribution in [0.25, 0.3) is 10.9 Å². The van der Waals surface area contributed by atoms with Crippen LogP contribution in [0.4, 0.5) is 5.82 Å². The van der Waals surface area contributed by atoms with Crippen LogP contribution in [-0.4, -0.2) is 25.4 Å². The van der Waals surface area contributed by atoms with Gasteiger partial charge in [-0.2, -0.15) is 0 Å². The van der Waals surface area contributed by atoms with Crippen molar-refractivity contribution < 1.29 is 4.79 Å². The quantitative estimate of drug-likeness (QED) is 0.687. The Hall–Kier alpha value is -2.68. The molecule has 110 valence electrons. The summed E-state index contributed by atoms with van der Waals surface area (Å²) in [6.45, 7) is 0. The average molecular weight is 290 g/mol. The molecule has 1 aromatic heterocycles. The van der Waals surface area contributed by atoms with Gasteiger partial charge in [0.05, 0.1) is 5.52 Å². The van der Waals surface area contributed by atoms with Crippen LogP contribution in [0.15, 0.2) is 54.6 Å². The third-order valence-corrected chi connectivity index (χ3v) is 3.76. The Morgan fingerprint density at radius 1 is 1.05 bits per heavy atom. The SMILES string of the molecule is CN(C)c1cc(Cc2ccc(C=O)cc2)c2ccccc2n1. The number of anilines is 1. The van der Waals surface area contributed by atoms with Gasteiger partial charge in [0.15, 0.2) is 0 Å². The van der Waals surface area contributed by atoms with Gasteiger partial charge in [0.25, 0.3) is 0 Å². The van der Waals surface area contributed by atoms with Gasteiger partial charge in [-0.25, -0.2) is 4.98 Å². The number of rotatable bonds is 4. The summed E-state index contributed by atoms with van der Waals surface area (Å²) < 4.78 is 0. The van der Waals surface area contributed by atoms with Gasteiger partial charge in [-0.3, -0.25) is 4.79 Å². The third kappa shape index (κ3) is 2.84. The van der Waals surface area contributed by atoms with E-state index < -0.39 is 0 Å². The van der Waals surface area contributed by atoms with E-state index in [0.29, 0.717) is 5.56 Å². The molecule has 1 heterocycles. The second-order valence-corrected chi connectivity index (χ2v) is 5.59. The van der Waals surface area contributed by atoms with Crippen molar-refractivity contribution in [2.75, 3.05) is 19.0 Å². The molecule has 0 fully saturated rings. The first-order valence-corrected chi connectivity index (χ1v) is 7.27. The van der Waals surface area contributed by atoms with E-state index in [4.69, 9.17) is 0 Å². The Kier molecular flexibility index (Phi) is 3.88. The lowest BCUT2D eigenvalue weighted by atomic mass is 10.00. The topological polar surface area (TPSA) is 33.2 Å². The fourth-order valence-corrected chi connectivity index (χ4v) is 2.54. The van der Waals surface area contributed by atoms with Crippen molar-refractivity contribution in [2.24, 2.45) is 0 Å². The van der Waals surface area contributed by atoms with Gasteiger partial charge in [0.2, 0.25) is 0 Å². The Bertz CT molecular complexity index is 807. The molecule has 0 aliphatic carbocycles. The van der Waals surface area contributed by atoms with Crippen LogP contribution in [0.1, 0.15) is 21.5 Å². The van der Waals surface area contributed by atoms with Crippen LogP contribution in [0.2, 0.25) is 0 Å². The Labute approximate surface area is 130 Å². The zero-order valence-electron chi connectivity index (χ0n) is 12.8. The van der Waals surface area contributed by atoms with Crippen molar-refractivity contribution in [1.82, 2.24) is 4.98 Å². The van der Waals surface area contributed by atoms with Gasteiger partial charge in [0, 0.05) is 25.0 Å². The summed E-state index contributed by atoms with van der Waals surface area (Å²) >= 11 is 0. The molecule has 0 saturated heterocycles. The Morgan fingerprint density at radius 3 is 2.45 bits per heavy atom. The molecular weight excluding hydrogens is 272 g/mol. The fourth-order valence-electron chi connectivity index (χ4n) is 2.54. The number of pyridine rings is 1. The minimum atomic E-state index is 0.706. The van der Waals surface area contributed by atoms with Crippen molar-refractivity contribution in [1.29, 1.82) is 0 Å². The maximum Gasteiger partial charge on any atom is 0.150 e. The number of fused-ring (bicyclic) bond motifs is 1. The highest BCUT2D eigenvalue weighted by Gasteiger charge is 2.08. The number of benzene rings is 2. The van der Waals surface area contributed by atoms with Crippen molar-refractivity contribution in [2.45, 2.75) is 6.42 Å². The lowest BCUT2D eigenvalue weighted by Crippen LogP contribution is -2.11. The van der Waals surface area contributed by atoms with Crippen molar-refractivity contribution in [3.8, 4) is 0 Å². The molecule has 0 bridgehead atoms. The van der Waals surface area contributed by atoms with Gasteiger partial charge in [-0.1, -0.05) is 42.5 Å². The van der Waals surface area contributed by atoms with E-state index >= 15 is 0 Å². The van der Waals surface area contributed by atoms with Crippen LogP contribution in [0, 0.1) is 0 Å². The highest BCUT2D eigenvalue weighted by Crippen LogP contribution is 2.24. The summed E-state index contributed by atoms with van der Waals surface area (Å²) in [7, 11) is 4.00. The summed E-state index contributed by atoms with van der Waals surface area (Å²) in [5, 5.41) is 1.17. The predicted molar refractivity (Wildman–Crippen MR) is 90.7 cm³/mol. The number of nitrogens with zero attached hydrogens (tertiary/aromatic N) is 2. The summed E-state index contributed by atoms with van der Waals surface area (Å²) in [6, 6.07) is 18.1. The fraction of sp³-hybridized carbons (Fsp3) is 0.158. The predicted octanol–water partition coefficient (Wildman–Crippen LogP) is 3.70. The number of hydrogen-bond acceptors (Lipinski definition) is 3. The maximum atomic E-state index is 10.8. The third-order valence-electron chi connectivity index (χ3n) is 3.76. The summed E-state index contributed by atoms with van der Waals surface area (Å²) in [5.74, 6) is 0.957. The second kappa shape index (κ2) is 5.98. The van der Waals surface area contributed by atoms with Crippen LogP contribution in [0.3, 0.4) is 0 Å². The minimum Gasteiger partial charge on any atom is -0.363 e. The summed E-state index contributed by atoms with van der Waals surface area (Å²) in [5.41, 5.74) is 4.14. The molecule has 22 heavy (non-hydrogen) atoms. The van der Waals surface area contributed by atoms with Crippen molar-refractivity contribution >= 4 is 23.0 Å². The van der Waals surface area contributed by atoms with Gasteiger partial charge in [0.1, 0.15) is 12.1 Å². The number of aromatic nitrogens is 1. The van der Waals surface area contributed by atoms with Crippen LogP contribution in [0.5, 0.6) is 0 Å². The normalized spacial score (nSPS) is 10.6. The van der Waals surface area contributed by atoms with E-state index in [1.54, 1.807) is 0 Å². The molecule has 0 atom stereocenters. The number of aldehydes is 1. The molecular formula is C19H18N2O. The smallest absolute Gasteiger partial charge is 0.150 e. The summed E-state index contributed by atoms with van der Waals surface area (Å²) in [4.78, 5) is 17.5. The van der Waals surface area contributed by atoms with Gasteiger partial charge < -0.3 is 4.90 Å². The monoisotopic (exact) mass is 290 g/mol. The molecule has 0 spiro atoms. The van der Waals surface area contributed by atoms with Crippen LogP contribution in [-0.2, 0) is 6.42 Å². The zero-order valence-corrected chi connectivity index (χ0v) is 12.8. The number of carbonyl (C=O) groups is 1. The molecule has 0 radical (unpaired) electrons. The number of hydrogen-bond donors (Lipinski definition) is 0. The average Bonchev–Trinajstić information content (AvgIpc) is 2.55. The number of para-hydroxylation sites is 1. The van der Waals surface area contributed by atoms with E-state index in [-0.39, 0.29) is 0 Å². The summed E-state index contributed by atoms with van der Waals surface area (Å²) in [6.07, 6.45) is 1.69. The molecule has 3 nitrogen and oxygen atoms in total. The molecule has 2 aromatic carbocycles. The van der Waals surface area contributed by atoms with E-state index in [1.807, 2.05) is 61.5 Å². The first-order valence-electron chi connectivity index (χ1n) is 7.27. The second-order valence-electron chi connectivity index (χ2n) is 5.59. The first-order chi connectivity index (χ1) is 10.7. The van der Waals surface area contributed by atoms with E-state index in [0.717, 1.165) is 24.0 Å². The van der Waals surface area contributed by atoms with Gasteiger partial charge >= 0.3 is 0 Å². The van der Waals surface area contributed by atoms with E-state index in [2.05, 4.69) is 17.1 Å². The molecule has 0 amide bonds. The molecule has 3 heteroatoms. The molecule has 0 N–H and O–H groups in total. The first kappa shape index (κ1) is 14.3. The van der Waals surface area contributed by atoms with Crippen molar-refractivity contribution in [3.63, 3.8) is 0 Å². The van der Waals surface area contributed by atoms with Crippen molar-refractivity contribution in [3.05, 3.63) is 71.3 Å². The largest absolute Gasteiger partial charge is 0.363 e. The highest BCUT2D eigenvalue weighted by atomic mass is 16.1. The molecule has 3 rings (SSSR count). The van der Waals surface area contributed by atoms with E-state index in [9.17, 15) is 4.79 Å². The molecule has 0 aliphatic heterocycles. The molecule has 0 saturated carbocycles. The Balaban J connectivity index is 2.05.